The van der Waals surface area contributed by atoms with Crippen molar-refractivity contribution in [2.24, 2.45) is 0 Å². The zero-order valence-corrected chi connectivity index (χ0v) is 17.6. The molecule has 2 aromatic carbocycles. The van der Waals surface area contributed by atoms with E-state index in [0.29, 0.717) is 21.3 Å². The summed E-state index contributed by atoms with van der Waals surface area (Å²) in [5.41, 5.74) is 0.853. The van der Waals surface area contributed by atoms with Crippen LogP contribution in [0.5, 0.6) is 0 Å². The van der Waals surface area contributed by atoms with Crippen molar-refractivity contribution in [3.63, 3.8) is 0 Å². The molecule has 0 radical (unpaired) electrons. The molecule has 31 heavy (non-hydrogen) atoms. The highest BCUT2D eigenvalue weighted by Gasteiger charge is 2.37. The second kappa shape index (κ2) is 8.06. The number of thiazole rings is 1. The van der Waals surface area contributed by atoms with Crippen molar-refractivity contribution in [3.8, 4) is 11.3 Å². The Balaban J connectivity index is 1.46. The number of rotatable bonds is 5. The number of nitrogens with one attached hydrogen (secondary N) is 1. The van der Waals surface area contributed by atoms with Gasteiger partial charge in [0.1, 0.15) is 6.54 Å². The molecule has 1 aliphatic rings. The average molecular weight is 477 g/mol. The highest BCUT2D eigenvalue weighted by Crippen LogP contribution is 2.31. The number of nitrogens with zero attached hydrogens (tertiary/aromatic N) is 3. The van der Waals surface area contributed by atoms with E-state index in [0.717, 1.165) is 28.4 Å². The van der Waals surface area contributed by atoms with E-state index < -0.39 is 29.2 Å². The average Bonchev–Trinajstić information content (AvgIpc) is 3.28. The predicted octanol–water partition coefficient (Wildman–Crippen LogP) is 4.26. The van der Waals surface area contributed by atoms with Gasteiger partial charge in [-0.3, -0.25) is 29.4 Å². The minimum absolute atomic E-state index is 0.0135. The first-order chi connectivity index (χ1) is 14.7. The summed E-state index contributed by atoms with van der Waals surface area (Å²) in [6, 6.07) is 8.36. The molecule has 1 aromatic heterocycles. The van der Waals surface area contributed by atoms with Gasteiger partial charge >= 0.3 is 0 Å². The molecule has 1 aliphatic heterocycles. The topological polar surface area (TPSA) is 123 Å². The number of benzene rings is 2. The number of imide groups is 1. The summed E-state index contributed by atoms with van der Waals surface area (Å²) in [6.45, 7) is -0.554. The fourth-order valence-corrected chi connectivity index (χ4v) is 3.99. The first-order valence-electron chi connectivity index (χ1n) is 8.60. The molecule has 3 aromatic rings. The number of aromatic nitrogens is 1. The molecule has 1 N–H and O–H groups in total. The van der Waals surface area contributed by atoms with Gasteiger partial charge in [-0.05, 0) is 18.2 Å². The number of carbonyl (C=O) groups excluding carboxylic acids is 3. The van der Waals surface area contributed by atoms with E-state index in [2.05, 4.69) is 10.3 Å². The fourth-order valence-electron chi connectivity index (χ4n) is 2.96. The summed E-state index contributed by atoms with van der Waals surface area (Å²) in [5.74, 6) is -2.10. The first kappa shape index (κ1) is 20.9. The molecule has 156 valence electrons. The zero-order chi connectivity index (χ0) is 22.3. The van der Waals surface area contributed by atoms with E-state index in [9.17, 15) is 24.5 Å². The van der Waals surface area contributed by atoms with Crippen molar-refractivity contribution in [1.29, 1.82) is 0 Å². The lowest BCUT2D eigenvalue weighted by Gasteiger charge is -2.12. The summed E-state index contributed by atoms with van der Waals surface area (Å²) < 4.78 is 0. The summed E-state index contributed by atoms with van der Waals surface area (Å²) in [7, 11) is 0. The van der Waals surface area contributed by atoms with Crippen LogP contribution in [0.4, 0.5) is 10.8 Å². The number of nitro benzene ring substituents is 1. The Kier molecular flexibility index (Phi) is 5.44. The molecule has 9 nitrogen and oxygen atoms in total. The van der Waals surface area contributed by atoms with Crippen molar-refractivity contribution in [1.82, 2.24) is 9.88 Å². The molecule has 0 saturated heterocycles. The van der Waals surface area contributed by atoms with Crippen LogP contribution in [0.1, 0.15) is 20.7 Å². The maximum atomic E-state index is 12.5. The molecule has 3 amide bonds. The van der Waals surface area contributed by atoms with E-state index in [1.165, 1.54) is 6.07 Å². The Morgan fingerprint density at radius 1 is 1.10 bits per heavy atom. The highest BCUT2D eigenvalue weighted by molar-refractivity contribution is 7.14. The van der Waals surface area contributed by atoms with Gasteiger partial charge in [0, 0.05) is 23.1 Å². The van der Waals surface area contributed by atoms with Gasteiger partial charge in [0.05, 0.1) is 31.8 Å². The van der Waals surface area contributed by atoms with Crippen LogP contribution in [-0.2, 0) is 4.79 Å². The van der Waals surface area contributed by atoms with Crippen molar-refractivity contribution >= 4 is 63.1 Å². The molecule has 4 rings (SSSR count). The Morgan fingerprint density at radius 3 is 2.55 bits per heavy atom. The maximum Gasteiger partial charge on any atom is 0.270 e. The molecule has 0 unspecified atom stereocenters. The number of non-ortho nitro benzene ring substituents is 1. The standard InChI is InChI=1S/C19H10Cl2N4O5S/c20-13-4-1-9(5-14(13)21)15-8-31-19(22-15)23-16(26)7-24-17(27)11-3-2-10(25(29)30)6-12(11)18(24)28/h1-6,8H,7H2,(H,22,23,26). The SMILES string of the molecule is O=C(CN1C(=O)c2ccc([N+](=O)[O-])cc2C1=O)Nc1nc(-c2ccc(Cl)c(Cl)c2)cs1. The third-order valence-electron chi connectivity index (χ3n) is 4.43. The van der Waals surface area contributed by atoms with Gasteiger partial charge in [0.25, 0.3) is 17.5 Å². The van der Waals surface area contributed by atoms with Crippen molar-refractivity contribution in [3.05, 3.63) is 73.1 Å². The van der Waals surface area contributed by atoms with Crippen molar-refractivity contribution in [2.45, 2.75) is 0 Å². The largest absolute Gasteiger partial charge is 0.300 e. The Morgan fingerprint density at radius 2 is 1.84 bits per heavy atom. The molecule has 2 heterocycles. The van der Waals surface area contributed by atoms with Crippen molar-refractivity contribution < 1.29 is 19.3 Å². The van der Waals surface area contributed by atoms with Crippen LogP contribution in [0.2, 0.25) is 10.0 Å². The third kappa shape index (κ3) is 4.00. The molecule has 0 spiro atoms. The number of hydrogen-bond acceptors (Lipinski definition) is 7. The van der Waals surface area contributed by atoms with Gasteiger partial charge in [-0.15, -0.1) is 11.3 Å². The maximum absolute atomic E-state index is 12.5. The Labute approximate surface area is 188 Å². The van der Waals surface area contributed by atoms with Crippen LogP contribution in [0.3, 0.4) is 0 Å². The van der Waals surface area contributed by atoms with Gasteiger partial charge in [-0.2, -0.15) is 0 Å². The van der Waals surface area contributed by atoms with Crippen LogP contribution < -0.4 is 5.32 Å². The van der Waals surface area contributed by atoms with E-state index in [1.807, 2.05) is 0 Å². The third-order valence-corrected chi connectivity index (χ3v) is 5.93. The van der Waals surface area contributed by atoms with E-state index >= 15 is 0 Å². The quantitative estimate of drug-likeness (QED) is 0.333. The van der Waals surface area contributed by atoms with E-state index in [-0.39, 0.29) is 21.9 Å². The smallest absolute Gasteiger partial charge is 0.270 e. The van der Waals surface area contributed by atoms with Gasteiger partial charge in [0.2, 0.25) is 5.91 Å². The summed E-state index contributed by atoms with van der Waals surface area (Å²) in [4.78, 5) is 52.6. The number of amides is 3. The second-order valence-corrected chi connectivity index (χ2v) is 8.07. The van der Waals surface area contributed by atoms with Crippen LogP contribution in [-0.4, -0.2) is 39.1 Å². The van der Waals surface area contributed by atoms with Crippen LogP contribution in [0.15, 0.2) is 41.8 Å². The lowest BCUT2D eigenvalue weighted by atomic mass is 10.1. The van der Waals surface area contributed by atoms with Crippen LogP contribution in [0, 0.1) is 10.1 Å². The predicted molar refractivity (Wildman–Crippen MR) is 115 cm³/mol. The van der Waals surface area contributed by atoms with E-state index in [4.69, 9.17) is 23.2 Å². The number of hydrogen-bond donors (Lipinski definition) is 1. The fraction of sp³-hybridized carbons (Fsp3) is 0.0526. The lowest BCUT2D eigenvalue weighted by Crippen LogP contribution is -2.37. The highest BCUT2D eigenvalue weighted by atomic mass is 35.5. The van der Waals surface area contributed by atoms with Crippen LogP contribution >= 0.6 is 34.5 Å². The molecule has 0 saturated carbocycles. The molecule has 0 fully saturated rings. The van der Waals surface area contributed by atoms with Gasteiger partial charge < -0.3 is 5.32 Å². The number of fused-ring (bicyclic) bond motifs is 1. The number of halogens is 2. The Bertz CT molecular complexity index is 1280. The number of nitro groups is 1. The summed E-state index contributed by atoms with van der Waals surface area (Å²) in [6.07, 6.45) is 0. The van der Waals surface area contributed by atoms with Gasteiger partial charge in [-0.25, -0.2) is 4.98 Å². The molecule has 12 heteroatoms. The zero-order valence-electron chi connectivity index (χ0n) is 15.3. The molecule has 0 atom stereocenters. The first-order valence-corrected chi connectivity index (χ1v) is 10.2. The molecular formula is C19H10Cl2N4O5S. The molecular weight excluding hydrogens is 467 g/mol. The van der Waals surface area contributed by atoms with Gasteiger partial charge in [-0.1, -0.05) is 29.3 Å². The summed E-state index contributed by atoms with van der Waals surface area (Å²) in [5, 5.41) is 16.2. The van der Waals surface area contributed by atoms with Crippen LogP contribution in [0.25, 0.3) is 11.3 Å². The Hall–Kier alpha value is -3.34. The minimum atomic E-state index is -0.769. The number of anilines is 1. The van der Waals surface area contributed by atoms with E-state index in [1.54, 1.807) is 23.6 Å². The lowest BCUT2D eigenvalue weighted by molar-refractivity contribution is -0.384. The summed E-state index contributed by atoms with van der Waals surface area (Å²) >= 11 is 13.1. The normalized spacial score (nSPS) is 12.8. The molecule has 0 bridgehead atoms. The minimum Gasteiger partial charge on any atom is -0.300 e. The van der Waals surface area contributed by atoms with Crippen molar-refractivity contribution in [2.75, 3.05) is 11.9 Å². The number of carbonyl (C=O) groups is 3. The second-order valence-electron chi connectivity index (χ2n) is 6.40. The van der Waals surface area contributed by atoms with Gasteiger partial charge in [0.15, 0.2) is 5.13 Å². The monoisotopic (exact) mass is 476 g/mol. The molecule has 0 aliphatic carbocycles.